The molecule has 0 saturated carbocycles. The molecule has 1 aromatic carbocycles. The first-order valence-electron chi connectivity index (χ1n) is 7.59. The van der Waals surface area contributed by atoms with Crippen LogP contribution in [0.5, 0.6) is 0 Å². The van der Waals surface area contributed by atoms with Crippen LogP contribution in [0.1, 0.15) is 50.3 Å². The number of sulfone groups is 1. The predicted molar refractivity (Wildman–Crippen MR) is 90.8 cm³/mol. The molecule has 3 nitrogen and oxygen atoms in total. The van der Waals surface area contributed by atoms with Gasteiger partial charge in [-0.3, -0.25) is 0 Å². The lowest BCUT2D eigenvalue weighted by atomic mass is 10.0. The van der Waals surface area contributed by atoms with Gasteiger partial charge in [-0.25, -0.2) is 8.42 Å². The second-order valence-electron chi connectivity index (χ2n) is 5.39. The molecule has 0 spiro atoms. The molecule has 120 valence electrons. The average molecular weight is 332 g/mol. The fourth-order valence-corrected chi connectivity index (χ4v) is 3.27. The lowest BCUT2D eigenvalue weighted by Crippen LogP contribution is -2.23. The van der Waals surface area contributed by atoms with Gasteiger partial charge < -0.3 is 5.32 Å². The van der Waals surface area contributed by atoms with Crippen LogP contribution in [0, 0.1) is 6.92 Å². The molecule has 1 aromatic rings. The van der Waals surface area contributed by atoms with Crippen LogP contribution in [-0.4, -0.2) is 26.5 Å². The van der Waals surface area contributed by atoms with Gasteiger partial charge in [-0.2, -0.15) is 0 Å². The Labute approximate surface area is 134 Å². The van der Waals surface area contributed by atoms with Crippen molar-refractivity contribution in [2.75, 3.05) is 18.1 Å². The van der Waals surface area contributed by atoms with Crippen molar-refractivity contribution in [3.63, 3.8) is 0 Å². The van der Waals surface area contributed by atoms with Crippen molar-refractivity contribution < 1.29 is 8.42 Å². The lowest BCUT2D eigenvalue weighted by molar-refractivity contribution is 0.492. The molecule has 1 N–H and O–H groups in total. The third kappa shape index (κ3) is 6.37. The molecule has 0 radical (unpaired) electrons. The van der Waals surface area contributed by atoms with Crippen molar-refractivity contribution in [2.45, 2.75) is 46.1 Å². The molecule has 0 fully saturated rings. The van der Waals surface area contributed by atoms with Crippen molar-refractivity contribution in [3.8, 4) is 0 Å². The van der Waals surface area contributed by atoms with E-state index in [1.807, 2.05) is 19.1 Å². The van der Waals surface area contributed by atoms with E-state index >= 15 is 0 Å². The highest BCUT2D eigenvalue weighted by Crippen LogP contribution is 2.24. The van der Waals surface area contributed by atoms with E-state index in [1.54, 1.807) is 6.92 Å². The van der Waals surface area contributed by atoms with Crippen molar-refractivity contribution in [3.05, 3.63) is 34.3 Å². The molecule has 5 heteroatoms. The number of hydrogen-bond donors (Lipinski definition) is 1. The Morgan fingerprint density at radius 2 is 2.00 bits per heavy atom. The predicted octanol–water partition coefficient (Wildman–Crippen LogP) is 3.90. The molecule has 0 heterocycles. The lowest BCUT2D eigenvalue weighted by Gasteiger charge is -2.19. The van der Waals surface area contributed by atoms with Crippen LogP contribution in [-0.2, 0) is 9.84 Å². The summed E-state index contributed by atoms with van der Waals surface area (Å²) in [5.41, 5.74) is 2.19. The summed E-state index contributed by atoms with van der Waals surface area (Å²) < 4.78 is 23.2. The van der Waals surface area contributed by atoms with Crippen molar-refractivity contribution in [1.29, 1.82) is 0 Å². The van der Waals surface area contributed by atoms with E-state index in [0.717, 1.165) is 35.5 Å². The minimum absolute atomic E-state index is 0.162. The van der Waals surface area contributed by atoms with Crippen LogP contribution >= 0.6 is 11.6 Å². The SMILES string of the molecule is CCCNC(CCCS(=O)(=O)CC)c1ccc(C)c(Cl)c1. The Balaban J connectivity index is 2.73. The number of aryl methyl sites for hydroxylation is 1. The molecule has 1 rings (SSSR count). The molecular weight excluding hydrogens is 306 g/mol. The molecule has 21 heavy (non-hydrogen) atoms. The second kappa shape index (κ2) is 8.76. The van der Waals surface area contributed by atoms with E-state index in [4.69, 9.17) is 11.6 Å². The summed E-state index contributed by atoms with van der Waals surface area (Å²) in [4.78, 5) is 0. The highest BCUT2D eigenvalue weighted by Gasteiger charge is 2.14. The zero-order valence-electron chi connectivity index (χ0n) is 13.2. The highest BCUT2D eigenvalue weighted by molar-refractivity contribution is 7.91. The van der Waals surface area contributed by atoms with Gasteiger partial charge in [0.15, 0.2) is 0 Å². The quantitative estimate of drug-likeness (QED) is 0.746. The van der Waals surface area contributed by atoms with E-state index in [2.05, 4.69) is 18.3 Å². The van der Waals surface area contributed by atoms with Gasteiger partial charge in [0.2, 0.25) is 0 Å². The molecule has 0 bridgehead atoms. The zero-order valence-corrected chi connectivity index (χ0v) is 14.7. The molecule has 0 saturated heterocycles. The summed E-state index contributed by atoms with van der Waals surface area (Å²) in [5.74, 6) is 0.476. The average Bonchev–Trinajstić information content (AvgIpc) is 2.45. The van der Waals surface area contributed by atoms with Gasteiger partial charge in [0.1, 0.15) is 9.84 Å². The minimum Gasteiger partial charge on any atom is -0.310 e. The first-order valence-corrected chi connectivity index (χ1v) is 9.79. The highest BCUT2D eigenvalue weighted by atomic mass is 35.5. The van der Waals surface area contributed by atoms with Crippen LogP contribution in [0.3, 0.4) is 0 Å². The monoisotopic (exact) mass is 331 g/mol. The van der Waals surface area contributed by atoms with Gasteiger partial charge in [-0.1, -0.05) is 37.6 Å². The van der Waals surface area contributed by atoms with E-state index in [9.17, 15) is 8.42 Å². The van der Waals surface area contributed by atoms with Crippen molar-refractivity contribution >= 4 is 21.4 Å². The number of nitrogens with one attached hydrogen (secondary N) is 1. The third-order valence-electron chi connectivity index (χ3n) is 3.63. The fraction of sp³-hybridized carbons (Fsp3) is 0.625. The fourth-order valence-electron chi connectivity index (χ4n) is 2.18. The number of benzene rings is 1. The zero-order chi connectivity index (χ0) is 15.9. The first kappa shape index (κ1) is 18.5. The van der Waals surface area contributed by atoms with Gasteiger partial charge in [-0.05, 0) is 49.9 Å². The molecule has 1 atom stereocenters. The van der Waals surface area contributed by atoms with Crippen molar-refractivity contribution in [1.82, 2.24) is 5.32 Å². The summed E-state index contributed by atoms with van der Waals surface area (Å²) in [5, 5.41) is 4.24. The molecule has 0 aliphatic heterocycles. The topological polar surface area (TPSA) is 46.2 Å². The molecule has 0 aliphatic carbocycles. The Hall–Kier alpha value is -0.580. The van der Waals surface area contributed by atoms with Gasteiger partial charge in [-0.15, -0.1) is 0 Å². The van der Waals surface area contributed by atoms with Crippen molar-refractivity contribution in [2.24, 2.45) is 0 Å². The summed E-state index contributed by atoms with van der Waals surface area (Å²) in [6, 6.07) is 6.23. The normalized spacial score (nSPS) is 13.3. The number of halogens is 1. The summed E-state index contributed by atoms with van der Waals surface area (Å²) in [6.07, 6.45) is 2.52. The van der Waals surface area contributed by atoms with E-state index in [1.165, 1.54) is 0 Å². The molecule has 0 aliphatic rings. The maximum atomic E-state index is 11.6. The van der Waals surface area contributed by atoms with Crippen LogP contribution < -0.4 is 5.32 Å². The van der Waals surface area contributed by atoms with Crippen LogP contribution in [0.2, 0.25) is 5.02 Å². The van der Waals surface area contributed by atoms with Gasteiger partial charge >= 0.3 is 0 Å². The first-order chi connectivity index (χ1) is 9.89. The van der Waals surface area contributed by atoms with Crippen LogP contribution in [0.25, 0.3) is 0 Å². The van der Waals surface area contributed by atoms with Crippen LogP contribution in [0.4, 0.5) is 0 Å². The summed E-state index contributed by atoms with van der Waals surface area (Å²) >= 11 is 6.20. The van der Waals surface area contributed by atoms with Gasteiger partial charge in [0, 0.05) is 16.8 Å². The summed E-state index contributed by atoms with van der Waals surface area (Å²) in [6.45, 7) is 6.71. The maximum Gasteiger partial charge on any atom is 0.150 e. The molecule has 0 aromatic heterocycles. The second-order valence-corrected chi connectivity index (χ2v) is 8.27. The van der Waals surface area contributed by atoms with E-state index in [0.29, 0.717) is 6.42 Å². The number of hydrogen-bond acceptors (Lipinski definition) is 3. The maximum absolute atomic E-state index is 11.6. The standard InChI is InChI=1S/C16H26ClNO2S/c1-4-10-18-16(7-6-11-21(19,20)5-2)14-9-8-13(3)15(17)12-14/h8-9,12,16,18H,4-7,10-11H2,1-3H3. The summed E-state index contributed by atoms with van der Waals surface area (Å²) in [7, 11) is -2.89. The Kier molecular flexibility index (Phi) is 7.71. The number of rotatable bonds is 9. The minimum atomic E-state index is -2.89. The largest absolute Gasteiger partial charge is 0.310 e. The Morgan fingerprint density at radius 3 is 2.57 bits per heavy atom. The Morgan fingerprint density at radius 1 is 1.29 bits per heavy atom. The Bertz CT molecular complexity index is 543. The molecular formula is C16H26ClNO2S. The van der Waals surface area contributed by atoms with Crippen LogP contribution in [0.15, 0.2) is 18.2 Å². The molecule has 1 unspecified atom stereocenters. The third-order valence-corrected chi connectivity index (χ3v) is 5.82. The van der Waals surface area contributed by atoms with Gasteiger partial charge in [0.05, 0.1) is 5.75 Å². The smallest absolute Gasteiger partial charge is 0.150 e. The van der Waals surface area contributed by atoms with E-state index in [-0.39, 0.29) is 17.5 Å². The van der Waals surface area contributed by atoms with E-state index < -0.39 is 9.84 Å². The molecule has 0 amide bonds. The van der Waals surface area contributed by atoms with Gasteiger partial charge in [0.25, 0.3) is 0 Å².